The summed E-state index contributed by atoms with van der Waals surface area (Å²) in [7, 11) is 0. The molecule has 2 aromatic carbocycles. The van der Waals surface area contributed by atoms with Crippen LogP contribution in [0.3, 0.4) is 0 Å². The maximum Gasteiger partial charge on any atom is 0.251 e. The van der Waals surface area contributed by atoms with E-state index in [0.717, 1.165) is 17.7 Å². The zero-order valence-corrected chi connectivity index (χ0v) is 14.4. The van der Waals surface area contributed by atoms with Gasteiger partial charge < -0.3 is 10.3 Å². The molecule has 5 nitrogen and oxygen atoms in total. The molecule has 1 saturated carbocycles. The smallest absolute Gasteiger partial charge is 0.251 e. The molecule has 1 fully saturated rings. The Bertz CT molecular complexity index is 994. The van der Waals surface area contributed by atoms with Gasteiger partial charge in [0.05, 0.1) is 0 Å². The van der Waals surface area contributed by atoms with Gasteiger partial charge in [0, 0.05) is 28.9 Å². The molecule has 4 rings (SSSR count). The highest BCUT2D eigenvalue weighted by atomic mass is 16.2. The number of benzene rings is 2. The largest absolute Gasteiger partial charge is 0.326 e. The SMILES string of the molecule is Cc1cc(=O)[nH]c(-c2ccc(NC(=O)[C@H]3C[C@H]3c3ccccc3)cc2)n1. The molecular weight excluding hydrogens is 326 g/mol. The molecule has 0 aliphatic heterocycles. The fourth-order valence-electron chi connectivity index (χ4n) is 3.22. The van der Waals surface area contributed by atoms with Gasteiger partial charge in [0.1, 0.15) is 5.82 Å². The third-order valence-corrected chi connectivity index (χ3v) is 4.65. The Kier molecular flexibility index (Phi) is 4.13. The lowest BCUT2D eigenvalue weighted by Gasteiger charge is -2.07. The average Bonchev–Trinajstić information content (AvgIpc) is 3.43. The van der Waals surface area contributed by atoms with E-state index in [9.17, 15) is 9.59 Å². The molecule has 0 saturated heterocycles. The summed E-state index contributed by atoms with van der Waals surface area (Å²) in [6.07, 6.45) is 0.891. The van der Waals surface area contributed by atoms with Crippen molar-refractivity contribution in [2.45, 2.75) is 19.3 Å². The van der Waals surface area contributed by atoms with Crippen molar-refractivity contribution in [3.8, 4) is 11.4 Å². The van der Waals surface area contributed by atoms with E-state index >= 15 is 0 Å². The van der Waals surface area contributed by atoms with Crippen LogP contribution in [0.5, 0.6) is 0 Å². The van der Waals surface area contributed by atoms with Gasteiger partial charge in [-0.15, -0.1) is 0 Å². The fraction of sp³-hybridized carbons (Fsp3) is 0.190. The van der Waals surface area contributed by atoms with Gasteiger partial charge in [-0.3, -0.25) is 9.59 Å². The summed E-state index contributed by atoms with van der Waals surface area (Å²) < 4.78 is 0. The van der Waals surface area contributed by atoms with E-state index in [1.807, 2.05) is 42.5 Å². The fourth-order valence-corrected chi connectivity index (χ4v) is 3.22. The maximum atomic E-state index is 12.4. The molecule has 5 heteroatoms. The first-order valence-electron chi connectivity index (χ1n) is 8.64. The lowest BCUT2D eigenvalue weighted by molar-refractivity contribution is -0.117. The van der Waals surface area contributed by atoms with Crippen LogP contribution < -0.4 is 10.9 Å². The molecular formula is C21H19N3O2. The summed E-state index contributed by atoms with van der Waals surface area (Å²) in [4.78, 5) is 31.1. The summed E-state index contributed by atoms with van der Waals surface area (Å²) in [5.41, 5.74) is 3.26. The maximum absolute atomic E-state index is 12.4. The number of hydrogen-bond acceptors (Lipinski definition) is 3. The summed E-state index contributed by atoms with van der Waals surface area (Å²) in [6.45, 7) is 1.78. The van der Waals surface area contributed by atoms with E-state index < -0.39 is 0 Å². The van der Waals surface area contributed by atoms with Crippen molar-refractivity contribution in [2.75, 3.05) is 5.32 Å². The van der Waals surface area contributed by atoms with Gasteiger partial charge in [-0.05, 0) is 49.1 Å². The van der Waals surface area contributed by atoms with Gasteiger partial charge in [0.15, 0.2) is 0 Å². The highest BCUT2D eigenvalue weighted by Crippen LogP contribution is 2.47. The second-order valence-electron chi connectivity index (χ2n) is 6.66. The molecule has 0 spiro atoms. The van der Waals surface area contributed by atoms with E-state index in [2.05, 4.69) is 27.4 Å². The monoisotopic (exact) mass is 345 g/mol. The quantitative estimate of drug-likeness (QED) is 0.760. The van der Waals surface area contributed by atoms with Crippen molar-refractivity contribution < 1.29 is 4.79 Å². The zero-order valence-electron chi connectivity index (χ0n) is 14.4. The first kappa shape index (κ1) is 16.3. The van der Waals surface area contributed by atoms with Crippen molar-refractivity contribution in [1.82, 2.24) is 9.97 Å². The molecule has 0 unspecified atom stereocenters. The molecule has 26 heavy (non-hydrogen) atoms. The highest BCUT2D eigenvalue weighted by Gasteiger charge is 2.43. The van der Waals surface area contributed by atoms with E-state index in [-0.39, 0.29) is 17.4 Å². The lowest BCUT2D eigenvalue weighted by Crippen LogP contribution is -2.14. The second-order valence-corrected chi connectivity index (χ2v) is 6.66. The Morgan fingerprint density at radius 1 is 1.12 bits per heavy atom. The molecule has 2 atom stereocenters. The number of carbonyl (C=O) groups is 1. The van der Waals surface area contributed by atoms with Gasteiger partial charge in [-0.2, -0.15) is 0 Å². The number of aromatic nitrogens is 2. The van der Waals surface area contributed by atoms with Crippen LogP contribution in [0.25, 0.3) is 11.4 Å². The molecule has 1 amide bonds. The molecule has 1 aliphatic carbocycles. The molecule has 0 radical (unpaired) electrons. The topological polar surface area (TPSA) is 74.8 Å². The number of nitrogens with zero attached hydrogens (tertiary/aromatic N) is 1. The summed E-state index contributed by atoms with van der Waals surface area (Å²) in [5.74, 6) is 0.928. The van der Waals surface area contributed by atoms with Crippen LogP contribution in [-0.4, -0.2) is 15.9 Å². The highest BCUT2D eigenvalue weighted by molar-refractivity contribution is 5.95. The third-order valence-electron chi connectivity index (χ3n) is 4.65. The van der Waals surface area contributed by atoms with Crippen molar-refractivity contribution in [2.24, 2.45) is 5.92 Å². The van der Waals surface area contributed by atoms with Crippen molar-refractivity contribution >= 4 is 11.6 Å². The van der Waals surface area contributed by atoms with Gasteiger partial charge in [0.25, 0.3) is 5.56 Å². The molecule has 2 N–H and O–H groups in total. The first-order chi connectivity index (χ1) is 12.6. The Morgan fingerprint density at radius 3 is 2.54 bits per heavy atom. The van der Waals surface area contributed by atoms with Crippen molar-refractivity contribution in [3.63, 3.8) is 0 Å². The second kappa shape index (κ2) is 6.59. The van der Waals surface area contributed by atoms with Crippen LogP contribution in [0.2, 0.25) is 0 Å². The van der Waals surface area contributed by atoms with Gasteiger partial charge in [0.2, 0.25) is 5.91 Å². The van der Waals surface area contributed by atoms with Gasteiger partial charge in [-0.1, -0.05) is 30.3 Å². The molecule has 1 aromatic heterocycles. The zero-order chi connectivity index (χ0) is 18.1. The number of aryl methyl sites for hydroxylation is 1. The van der Waals surface area contributed by atoms with Crippen LogP contribution in [0, 0.1) is 12.8 Å². The Labute approximate surface area is 151 Å². The molecule has 1 aliphatic rings. The van der Waals surface area contributed by atoms with E-state index in [0.29, 0.717) is 17.4 Å². The Hall–Kier alpha value is -3.21. The lowest BCUT2D eigenvalue weighted by atomic mass is 10.1. The molecule has 3 aromatic rings. The summed E-state index contributed by atoms with van der Waals surface area (Å²) in [6, 6.07) is 18.9. The van der Waals surface area contributed by atoms with Crippen LogP contribution in [-0.2, 0) is 4.79 Å². The van der Waals surface area contributed by atoms with Crippen LogP contribution >= 0.6 is 0 Å². The van der Waals surface area contributed by atoms with Crippen molar-refractivity contribution in [1.29, 1.82) is 0 Å². The number of anilines is 1. The number of nitrogens with one attached hydrogen (secondary N) is 2. The van der Waals surface area contributed by atoms with Crippen LogP contribution in [0.15, 0.2) is 65.5 Å². The van der Waals surface area contributed by atoms with Gasteiger partial charge in [-0.25, -0.2) is 4.98 Å². The Morgan fingerprint density at radius 2 is 1.85 bits per heavy atom. The van der Waals surface area contributed by atoms with E-state index in [4.69, 9.17) is 0 Å². The number of H-pyrrole nitrogens is 1. The number of rotatable bonds is 4. The van der Waals surface area contributed by atoms with E-state index in [1.54, 1.807) is 6.92 Å². The first-order valence-corrected chi connectivity index (χ1v) is 8.64. The number of carbonyl (C=O) groups excluding carboxylic acids is 1. The minimum atomic E-state index is -0.175. The summed E-state index contributed by atoms with van der Waals surface area (Å²) >= 11 is 0. The molecule has 1 heterocycles. The predicted octanol–water partition coefficient (Wildman–Crippen LogP) is 3.49. The van der Waals surface area contributed by atoms with E-state index in [1.165, 1.54) is 11.6 Å². The van der Waals surface area contributed by atoms with Crippen molar-refractivity contribution in [3.05, 3.63) is 82.3 Å². The number of hydrogen-bond donors (Lipinski definition) is 2. The number of amides is 1. The van der Waals surface area contributed by atoms with Crippen LogP contribution in [0.1, 0.15) is 23.6 Å². The van der Waals surface area contributed by atoms with Crippen LogP contribution in [0.4, 0.5) is 5.69 Å². The number of aromatic amines is 1. The summed E-state index contributed by atoms with van der Waals surface area (Å²) in [5, 5.41) is 2.97. The molecule has 130 valence electrons. The average molecular weight is 345 g/mol. The molecule has 0 bridgehead atoms. The standard InChI is InChI=1S/C21H19N3O2/c1-13-11-19(25)24-20(22-13)15-7-9-16(10-8-15)23-21(26)18-12-17(18)14-5-3-2-4-6-14/h2-11,17-18H,12H2,1H3,(H,23,26)(H,22,24,25)/t17-,18-/m0/s1. The third kappa shape index (κ3) is 3.42. The Balaban J connectivity index is 1.43. The minimum Gasteiger partial charge on any atom is -0.326 e. The minimum absolute atomic E-state index is 0.0341. The normalized spacial score (nSPS) is 18.3. The predicted molar refractivity (Wildman–Crippen MR) is 101 cm³/mol. The van der Waals surface area contributed by atoms with Gasteiger partial charge >= 0.3 is 0 Å².